The molecule has 0 fully saturated rings. The molecular formula is C18H14N2O3. The van der Waals surface area contributed by atoms with Crippen LogP contribution in [-0.2, 0) is 11.3 Å². The van der Waals surface area contributed by atoms with E-state index in [1.54, 1.807) is 23.9 Å². The Balaban J connectivity index is 1.88. The van der Waals surface area contributed by atoms with Gasteiger partial charge >= 0.3 is 5.97 Å². The summed E-state index contributed by atoms with van der Waals surface area (Å²) in [6.45, 7) is 1.79. The second-order valence-corrected chi connectivity index (χ2v) is 4.98. The molecule has 23 heavy (non-hydrogen) atoms. The maximum atomic E-state index is 12.4. The highest BCUT2D eigenvalue weighted by Gasteiger charge is 2.25. The van der Waals surface area contributed by atoms with Crippen LogP contribution in [-0.4, -0.2) is 10.5 Å². The smallest absolute Gasteiger partial charge is 0.343 e. The van der Waals surface area contributed by atoms with Crippen LogP contribution in [0.4, 0.5) is 0 Å². The minimum atomic E-state index is -0.565. The summed E-state index contributed by atoms with van der Waals surface area (Å²) in [4.78, 5) is 12.4. The van der Waals surface area contributed by atoms with Crippen LogP contribution in [0.5, 0.6) is 0 Å². The van der Waals surface area contributed by atoms with Gasteiger partial charge in [-0.3, -0.25) is 4.57 Å². The highest BCUT2D eigenvalue weighted by atomic mass is 16.5. The molecule has 0 aliphatic heterocycles. The summed E-state index contributed by atoms with van der Waals surface area (Å²) in [7, 11) is 0. The summed E-state index contributed by atoms with van der Waals surface area (Å²) >= 11 is 0. The third-order valence-corrected chi connectivity index (χ3v) is 3.43. The highest BCUT2D eigenvalue weighted by molar-refractivity contribution is 5.94. The van der Waals surface area contributed by atoms with Gasteiger partial charge in [-0.25, -0.2) is 4.79 Å². The van der Waals surface area contributed by atoms with Gasteiger partial charge < -0.3 is 9.15 Å². The number of aryl methyl sites for hydroxylation is 1. The zero-order chi connectivity index (χ0) is 16.2. The third-order valence-electron chi connectivity index (χ3n) is 3.43. The average molecular weight is 306 g/mol. The lowest BCUT2D eigenvalue weighted by atomic mass is 10.1. The molecule has 3 rings (SSSR count). The lowest BCUT2D eigenvalue weighted by Crippen LogP contribution is -2.07. The van der Waals surface area contributed by atoms with Crippen LogP contribution < -0.4 is 0 Å². The SMILES string of the molecule is Cc1oc(-n2cccc2)c(C#N)c1C(=O)OCc1ccccc1. The molecule has 0 N–H and O–H groups in total. The summed E-state index contributed by atoms with van der Waals surface area (Å²) < 4.78 is 12.6. The van der Waals surface area contributed by atoms with Gasteiger partial charge in [0.1, 0.15) is 29.6 Å². The number of hydrogen-bond donors (Lipinski definition) is 0. The number of carbonyl (C=O) groups is 1. The number of rotatable bonds is 4. The largest absolute Gasteiger partial charge is 0.457 e. The average Bonchev–Trinajstić information content (AvgIpc) is 3.20. The number of carbonyl (C=O) groups excluding carboxylic acids is 1. The van der Waals surface area contributed by atoms with Crippen molar-refractivity contribution >= 4 is 5.97 Å². The van der Waals surface area contributed by atoms with E-state index >= 15 is 0 Å². The van der Waals surface area contributed by atoms with Crippen LogP contribution in [0.25, 0.3) is 5.88 Å². The van der Waals surface area contributed by atoms with Gasteiger partial charge in [0.05, 0.1) is 0 Å². The molecule has 0 radical (unpaired) electrons. The van der Waals surface area contributed by atoms with E-state index in [1.807, 2.05) is 48.5 Å². The molecule has 5 nitrogen and oxygen atoms in total. The predicted octanol–water partition coefficient (Wildman–Crippen LogP) is 3.61. The Morgan fingerprint density at radius 1 is 1.22 bits per heavy atom. The van der Waals surface area contributed by atoms with Crippen molar-refractivity contribution in [2.45, 2.75) is 13.5 Å². The minimum absolute atomic E-state index is 0.147. The molecule has 0 unspecified atom stereocenters. The summed E-state index contributed by atoms with van der Waals surface area (Å²) in [6, 6.07) is 15.0. The zero-order valence-electron chi connectivity index (χ0n) is 12.5. The quantitative estimate of drug-likeness (QED) is 0.691. The number of esters is 1. The van der Waals surface area contributed by atoms with Crippen molar-refractivity contribution in [1.29, 1.82) is 5.26 Å². The fraction of sp³-hybridized carbons (Fsp3) is 0.111. The van der Waals surface area contributed by atoms with E-state index in [-0.39, 0.29) is 17.7 Å². The van der Waals surface area contributed by atoms with Crippen molar-refractivity contribution in [2.75, 3.05) is 0 Å². The fourth-order valence-electron chi connectivity index (χ4n) is 2.33. The molecule has 0 spiro atoms. The van der Waals surface area contributed by atoms with E-state index in [2.05, 4.69) is 0 Å². The van der Waals surface area contributed by atoms with Gasteiger partial charge in [0, 0.05) is 12.4 Å². The van der Waals surface area contributed by atoms with Crippen molar-refractivity contribution in [3.05, 3.63) is 77.3 Å². The Hall–Kier alpha value is -3.26. The van der Waals surface area contributed by atoms with Crippen molar-refractivity contribution in [2.24, 2.45) is 0 Å². The van der Waals surface area contributed by atoms with E-state index in [1.165, 1.54) is 0 Å². The minimum Gasteiger partial charge on any atom is -0.457 e. The van der Waals surface area contributed by atoms with Crippen LogP contribution in [0.1, 0.15) is 27.2 Å². The van der Waals surface area contributed by atoms with Gasteiger partial charge in [-0.1, -0.05) is 30.3 Å². The van der Waals surface area contributed by atoms with E-state index in [0.717, 1.165) is 5.56 Å². The molecule has 114 valence electrons. The van der Waals surface area contributed by atoms with Crippen molar-refractivity contribution < 1.29 is 13.9 Å². The number of benzene rings is 1. The van der Waals surface area contributed by atoms with Crippen molar-refractivity contribution in [1.82, 2.24) is 4.57 Å². The molecule has 3 aromatic rings. The second-order valence-electron chi connectivity index (χ2n) is 4.98. The fourth-order valence-corrected chi connectivity index (χ4v) is 2.33. The standard InChI is InChI=1S/C18H14N2O3/c1-13-16(18(21)22-12-14-7-3-2-4-8-14)15(11-19)17(23-13)20-9-5-6-10-20/h2-10H,12H2,1H3. The van der Waals surface area contributed by atoms with E-state index in [4.69, 9.17) is 9.15 Å². The van der Waals surface area contributed by atoms with Crippen molar-refractivity contribution in [3.63, 3.8) is 0 Å². The maximum absolute atomic E-state index is 12.4. The first-order valence-electron chi connectivity index (χ1n) is 7.08. The number of furan rings is 1. The molecule has 2 aromatic heterocycles. The Morgan fingerprint density at radius 3 is 2.57 bits per heavy atom. The summed E-state index contributed by atoms with van der Waals surface area (Å²) in [5.41, 5.74) is 1.23. The number of hydrogen-bond acceptors (Lipinski definition) is 4. The molecule has 5 heteroatoms. The summed E-state index contributed by atoms with van der Waals surface area (Å²) in [6.07, 6.45) is 3.50. The van der Waals surface area contributed by atoms with Gasteiger partial charge in [0.2, 0.25) is 5.88 Å². The summed E-state index contributed by atoms with van der Waals surface area (Å²) in [5, 5.41) is 9.41. The first-order chi connectivity index (χ1) is 11.2. The first kappa shape index (κ1) is 14.7. The van der Waals surface area contributed by atoms with Crippen LogP contribution >= 0.6 is 0 Å². The molecule has 0 atom stereocenters. The van der Waals surface area contributed by atoms with Crippen molar-refractivity contribution in [3.8, 4) is 12.0 Å². The number of ether oxygens (including phenoxy) is 1. The zero-order valence-corrected chi connectivity index (χ0v) is 12.5. The van der Waals surface area contributed by atoms with Gasteiger partial charge in [0.15, 0.2) is 0 Å². The molecule has 0 bridgehead atoms. The van der Waals surface area contributed by atoms with Gasteiger partial charge in [-0.15, -0.1) is 0 Å². The molecule has 2 heterocycles. The second kappa shape index (κ2) is 6.24. The first-order valence-corrected chi connectivity index (χ1v) is 7.08. The predicted molar refractivity (Wildman–Crippen MR) is 83.0 cm³/mol. The van der Waals surface area contributed by atoms with E-state index in [0.29, 0.717) is 11.6 Å². The maximum Gasteiger partial charge on any atom is 0.343 e. The Morgan fingerprint density at radius 2 is 1.91 bits per heavy atom. The lowest BCUT2D eigenvalue weighted by Gasteiger charge is -2.04. The number of aromatic nitrogens is 1. The number of nitrogens with zero attached hydrogens (tertiary/aromatic N) is 2. The van der Waals surface area contributed by atoms with Gasteiger partial charge in [0.25, 0.3) is 0 Å². The van der Waals surface area contributed by atoms with Crippen LogP contribution in [0, 0.1) is 18.3 Å². The molecule has 0 aliphatic rings. The third kappa shape index (κ3) is 2.87. The van der Waals surface area contributed by atoms with Crippen LogP contribution in [0.15, 0.2) is 59.3 Å². The Bertz CT molecular complexity index is 856. The molecule has 0 aliphatic carbocycles. The van der Waals surface area contributed by atoms with Gasteiger partial charge in [-0.05, 0) is 24.6 Å². The lowest BCUT2D eigenvalue weighted by molar-refractivity contribution is 0.0470. The van der Waals surface area contributed by atoms with E-state index in [9.17, 15) is 10.1 Å². The monoisotopic (exact) mass is 306 g/mol. The molecule has 0 saturated heterocycles. The Kier molecular flexibility index (Phi) is 3.98. The normalized spacial score (nSPS) is 10.3. The van der Waals surface area contributed by atoms with Gasteiger partial charge in [-0.2, -0.15) is 5.26 Å². The molecule has 0 saturated carbocycles. The highest BCUT2D eigenvalue weighted by Crippen LogP contribution is 2.26. The molecular weight excluding hydrogens is 292 g/mol. The Labute approximate surface area is 133 Å². The van der Waals surface area contributed by atoms with Crippen LogP contribution in [0.3, 0.4) is 0 Å². The van der Waals surface area contributed by atoms with E-state index < -0.39 is 5.97 Å². The molecule has 1 aromatic carbocycles. The number of nitriles is 1. The summed E-state index contributed by atoms with van der Waals surface area (Å²) in [5.74, 6) is 0.120. The topological polar surface area (TPSA) is 68.2 Å². The molecule has 0 amide bonds. The van der Waals surface area contributed by atoms with Crippen LogP contribution in [0.2, 0.25) is 0 Å².